The molecule has 1 atom stereocenters. The molecular weight excluding hydrogens is 409 g/mol. The van der Waals surface area contributed by atoms with E-state index in [0.717, 1.165) is 16.5 Å². The highest BCUT2D eigenvalue weighted by Crippen LogP contribution is 2.31. The van der Waals surface area contributed by atoms with Gasteiger partial charge >= 0.3 is 0 Å². The summed E-state index contributed by atoms with van der Waals surface area (Å²) in [4.78, 5) is 30.6. The Kier molecular flexibility index (Phi) is 4.86. The van der Waals surface area contributed by atoms with Gasteiger partial charge in [-0.1, -0.05) is 24.3 Å². The topological polar surface area (TPSA) is 74.4 Å². The minimum atomic E-state index is -0.829. The first-order valence-electron chi connectivity index (χ1n) is 10.2. The Bertz CT molecular complexity index is 1350. The molecule has 7 heteroatoms. The van der Waals surface area contributed by atoms with Crippen molar-refractivity contribution in [3.05, 3.63) is 84.3 Å². The molecule has 0 fully saturated rings. The zero-order valence-electron chi connectivity index (χ0n) is 17.3. The fraction of sp³-hybridized carbons (Fsp3) is 0.120. The van der Waals surface area contributed by atoms with E-state index in [9.17, 15) is 14.0 Å². The van der Waals surface area contributed by atoms with Gasteiger partial charge in [0.25, 0.3) is 11.8 Å². The Balaban J connectivity index is 1.42. The standard InChI is InChI=1S/C25H20FN3O3/c1-29-22-7-2-3-8-23(22)32-14-21(25(29)31)28-24(30)16-9-10-20-18(12-16)19(13-27-20)15-5-4-6-17(26)11-15/h2-13,21,27H,14H2,1H3,(H,28,30)/t21-/m0/s1. The van der Waals surface area contributed by atoms with Crippen molar-refractivity contribution in [2.24, 2.45) is 0 Å². The molecule has 0 radical (unpaired) electrons. The van der Waals surface area contributed by atoms with E-state index in [-0.39, 0.29) is 24.2 Å². The highest BCUT2D eigenvalue weighted by atomic mass is 19.1. The van der Waals surface area contributed by atoms with E-state index >= 15 is 0 Å². The van der Waals surface area contributed by atoms with Crippen LogP contribution in [0.4, 0.5) is 10.1 Å². The number of benzene rings is 3. The maximum atomic E-state index is 13.7. The predicted octanol–water partition coefficient (Wildman–Crippen LogP) is 4.13. The molecule has 1 aliphatic rings. The van der Waals surface area contributed by atoms with Crippen LogP contribution in [0.3, 0.4) is 0 Å². The van der Waals surface area contributed by atoms with Crippen LogP contribution in [0.5, 0.6) is 5.75 Å². The Hall–Kier alpha value is -4.13. The molecule has 2 heterocycles. The van der Waals surface area contributed by atoms with Crippen molar-refractivity contribution in [2.75, 3.05) is 18.6 Å². The van der Waals surface area contributed by atoms with Crippen molar-refractivity contribution < 1.29 is 18.7 Å². The molecular formula is C25H20FN3O3. The van der Waals surface area contributed by atoms with E-state index in [4.69, 9.17) is 4.74 Å². The third-order valence-corrected chi connectivity index (χ3v) is 5.65. The van der Waals surface area contributed by atoms with Gasteiger partial charge in [0.1, 0.15) is 24.2 Å². The van der Waals surface area contributed by atoms with Crippen LogP contribution in [-0.2, 0) is 4.79 Å². The van der Waals surface area contributed by atoms with E-state index < -0.39 is 6.04 Å². The number of aromatic amines is 1. The summed E-state index contributed by atoms with van der Waals surface area (Å²) in [6.07, 6.45) is 1.79. The number of likely N-dealkylation sites (N-methyl/N-ethyl adjacent to an activating group) is 1. The van der Waals surface area contributed by atoms with Crippen LogP contribution in [0.1, 0.15) is 10.4 Å². The van der Waals surface area contributed by atoms with E-state index in [2.05, 4.69) is 10.3 Å². The molecule has 2 amide bonds. The molecule has 32 heavy (non-hydrogen) atoms. The third kappa shape index (κ3) is 3.47. The number of carbonyl (C=O) groups is 2. The van der Waals surface area contributed by atoms with E-state index in [1.54, 1.807) is 49.6 Å². The first-order valence-corrected chi connectivity index (χ1v) is 10.2. The largest absolute Gasteiger partial charge is 0.489 e. The van der Waals surface area contributed by atoms with Crippen LogP contribution in [0.15, 0.2) is 72.9 Å². The summed E-state index contributed by atoms with van der Waals surface area (Å²) in [6, 6.07) is 17.9. The number of anilines is 1. The van der Waals surface area contributed by atoms with Crippen LogP contribution in [0.25, 0.3) is 22.0 Å². The molecule has 0 bridgehead atoms. The summed E-state index contributed by atoms with van der Waals surface area (Å²) in [5, 5.41) is 3.58. The summed E-state index contributed by atoms with van der Waals surface area (Å²) in [6.45, 7) is 0.0346. The first-order chi connectivity index (χ1) is 15.5. The van der Waals surface area contributed by atoms with Crippen molar-refractivity contribution in [2.45, 2.75) is 6.04 Å². The van der Waals surface area contributed by atoms with E-state index in [1.165, 1.54) is 17.0 Å². The van der Waals surface area contributed by atoms with Crippen LogP contribution in [0, 0.1) is 5.82 Å². The smallest absolute Gasteiger partial charge is 0.252 e. The number of halogens is 1. The number of H-pyrrole nitrogens is 1. The van der Waals surface area contributed by atoms with Gasteiger partial charge < -0.3 is 19.9 Å². The number of fused-ring (bicyclic) bond motifs is 2. The van der Waals surface area contributed by atoms with Crippen molar-refractivity contribution in [1.82, 2.24) is 10.3 Å². The molecule has 0 saturated heterocycles. The van der Waals surface area contributed by atoms with Crippen LogP contribution in [-0.4, -0.2) is 36.5 Å². The average Bonchev–Trinajstić information content (AvgIpc) is 3.19. The molecule has 1 aliphatic heterocycles. The third-order valence-electron chi connectivity index (χ3n) is 5.65. The number of hydrogen-bond donors (Lipinski definition) is 2. The quantitative estimate of drug-likeness (QED) is 0.514. The summed E-state index contributed by atoms with van der Waals surface area (Å²) in [7, 11) is 1.66. The molecule has 160 valence electrons. The number of nitrogens with zero attached hydrogens (tertiary/aromatic N) is 1. The Morgan fingerprint density at radius 3 is 2.81 bits per heavy atom. The fourth-order valence-corrected chi connectivity index (χ4v) is 3.95. The summed E-state index contributed by atoms with van der Waals surface area (Å²) < 4.78 is 19.5. The maximum Gasteiger partial charge on any atom is 0.252 e. The molecule has 6 nitrogen and oxygen atoms in total. The van der Waals surface area contributed by atoms with Gasteiger partial charge in [0.2, 0.25) is 0 Å². The number of nitrogens with one attached hydrogen (secondary N) is 2. The molecule has 1 aromatic heterocycles. The number of rotatable bonds is 3. The molecule has 5 rings (SSSR count). The van der Waals surface area contributed by atoms with Crippen molar-refractivity contribution in [3.8, 4) is 16.9 Å². The van der Waals surface area contributed by atoms with Crippen molar-refractivity contribution >= 4 is 28.4 Å². The van der Waals surface area contributed by atoms with Crippen LogP contribution < -0.4 is 15.0 Å². The number of carbonyl (C=O) groups excluding carboxylic acids is 2. The van der Waals surface area contributed by atoms with Gasteiger partial charge in [-0.3, -0.25) is 9.59 Å². The van der Waals surface area contributed by atoms with Gasteiger partial charge in [0.05, 0.1) is 5.69 Å². The van der Waals surface area contributed by atoms with E-state index in [1.807, 2.05) is 18.2 Å². The van der Waals surface area contributed by atoms with Gasteiger partial charge in [0, 0.05) is 35.3 Å². The van der Waals surface area contributed by atoms with Crippen molar-refractivity contribution in [1.29, 1.82) is 0 Å². The molecule has 0 unspecified atom stereocenters. The van der Waals surface area contributed by atoms with Crippen LogP contribution >= 0.6 is 0 Å². The van der Waals surface area contributed by atoms with Gasteiger partial charge in [0.15, 0.2) is 0 Å². The summed E-state index contributed by atoms with van der Waals surface area (Å²) in [5.41, 5.74) is 3.37. The number of amides is 2. The minimum Gasteiger partial charge on any atom is -0.489 e. The van der Waals surface area contributed by atoms with Crippen LogP contribution in [0.2, 0.25) is 0 Å². The normalized spacial score (nSPS) is 15.8. The van der Waals surface area contributed by atoms with Gasteiger partial charge in [-0.2, -0.15) is 0 Å². The summed E-state index contributed by atoms with van der Waals surface area (Å²) >= 11 is 0. The Morgan fingerprint density at radius 1 is 1.12 bits per heavy atom. The lowest BCUT2D eigenvalue weighted by atomic mass is 10.0. The molecule has 0 aliphatic carbocycles. The van der Waals surface area contributed by atoms with Gasteiger partial charge in [-0.25, -0.2) is 4.39 Å². The van der Waals surface area contributed by atoms with E-state index in [0.29, 0.717) is 22.6 Å². The molecule has 3 aromatic carbocycles. The zero-order valence-corrected chi connectivity index (χ0v) is 17.3. The summed E-state index contributed by atoms with van der Waals surface area (Å²) in [5.74, 6) is -0.387. The first kappa shape index (κ1) is 19.8. The highest BCUT2D eigenvalue weighted by molar-refractivity contribution is 6.06. The fourth-order valence-electron chi connectivity index (χ4n) is 3.95. The SMILES string of the molecule is CN1C(=O)[C@@H](NC(=O)c2ccc3[nH]cc(-c4cccc(F)c4)c3c2)COc2ccccc21. The zero-order chi connectivity index (χ0) is 22.2. The van der Waals surface area contributed by atoms with Gasteiger partial charge in [-0.15, -0.1) is 0 Å². The second-order valence-corrected chi connectivity index (χ2v) is 7.68. The lowest BCUT2D eigenvalue weighted by Gasteiger charge is -2.20. The number of hydrogen-bond acceptors (Lipinski definition) is 3. The predicted molar refractivity (Wildman–Crippen MR) is 120 cm³/mol. The average molecular weight is 429 g/mol. The maximum absolute atomic E-state index is 13.7. The lowest BCUT2D eigenvalue weighted by molar-refractivity contribution is -0.120. The minimum absolute atomic E-state index is 0.0346. The molecule has 0 spiro atoms. The molecule has 0 saturated carbocycles. The Labute approximate surface area is 183 Å². The second kappa shape index (κ2) is 7.85. The van der Waals surface area contributed by atoms with Crippen molar-refractivity contribution in [3.63, 3.8) is 0 Å². The number of aromatic nitrogens is 1. The lowest BCUT2D eigenvalue weighted by Crippen LogP contribution is -2.49. The second-order valence-electron chi connectivity index (χ2n) is 7.68. The van der Waals surface area contributed by atoms with Gasteiger partial charge in [-0.05, 0) is 48.0 Å². The highest BCUT2D eigenvalue weighted by Gasteiger charge is 2.30. The number of para-hydroxylation sites is 2. The number of ether oxygens (including phenoxy) is 1. The molecule has 2 N–H and O–H groups in total. The molecule has 4 aromatic rings. The monoisotopic (exact) mass is 429 g/mol. The Morgan fingerprint density at radius 2 is 1.97 bits per heavy atom.